The van der Waals surface area contributed by atoms with Crippen LogP contribution < -0.4 is 16.0 Å². The minimum atomic E-state index is -0.674. The Morgan fingerprint density at radius 3 is 2.61 bits per heavy atom. The van der Waals surface area contributed by atoms with Crippen molar-refractivity contribution in [2.75, 3.05) is 13.2 Å². The maximum Gasteiger partial charge on any atom is 0.281 e. The Morgan fingerprint density at radius 1 is 1.28 bits per heavy atom. The van der Waals surface area contributed by atoms with Gasteiger partial charge in [-0.05, 0) is 34.1 Å². The van der Waals surface area contributed by atoms with Crippen molar-refractivity contribution in [3.05, 3.63) is 27.1 Å². The van der Waals surface area contributed by atoms with E-state index in [0.29, 0.717) is 10.2 Å². The minimum absolute atomic E-state index is 0.237. The van der Waals surface area contributed by atoms with Crippen molar-refractivity contribution < 1.29 is 19.2 Å². The Labute approximate surface area is 120 Å². The van der Waals surface area contributed by atoms with Crippen molar-refractivity contribution in [2.24, 2.45) is 5.73 Å². The number of nitrogens with one attached hydrogen (secondary N) is 1. The molecule has 0 saturated carbocycles. The van der Waals surface area contributed by atoms with Crippen LogP contribution in [0.4, 0.5) is 0 Å². The fourth-order valence-electron chi connectivity index (χ4n) is 0.953. The average molecular weight is 382 g/mol. The van der Waals surface area contributed by atoms with Crippen LogP contribution in [0.3, 0.4) is 0 Å². The van der Waals surface area contributed by atoms with Crippen molar-refractivity contribution in [2.45, 2.75) is 0 Å². The summed E-state index contributed by atoms with van der Waals surface area (Å²) in [7, 11) is 0. The molecule has 0 unspecified atom stereocenters. The van der Waals surface area contributed by atoms with Crippen molar-refractivity contribution in [3.63, 3.8) is 0 Å². The highest BCUT2D eigenvalue weighted by Gasteiger charge is 2.06. The molecule has 0 saturated heterocycles. The molecule has 0 bridgehead atoms. The van der Waals surface area contributed by atoms with Crippen LogP contribution in [-0.2, 0) is 14.4 Å². The van der Waals surface area contributed by atoms with Gasteiger partial charge in [-0.3, -0.25) is 14.4 Å². The van der Waals surface area contributed by atoms with Crippen LogP contribution in [0, 0.1) is 0 Å². The topological polar surface area (TPSA) is 90.7 Å². The number of ether oxygens (including phenoxy) is 1. The molecule has 0 spiro atoms. The Bertz CT molecular complexity index is 454. The van der Waals surface area contributed by atoms with Crippen molar-refractivity contribution in [1.82, 2.24) is 5.48 Å². The smallest absolute Gasteiger partial charge is 0.281 e. The molecule has 0 heterocycles. The zero-order valence-corrected chi connectivity index (χ0v) is 12.3. The van der Waals surface area contributed by atoms with Gasteiger partial charge in [-0.25, -0.2) is 5.48 Å². The number of hydroxylamine groups is 1. The minimum Gasteiger partial charge on any atom is -0.483 e. The monoisotopic (exact) mass is 380 g/mol. The summed E-state index contributed by atoms with van der Waals surface area (Å²) in [5.74, 6) is -0.679. The third-order valence-corrected chi connectivity index (χ3v) is 2.77. The summed E-state index contributed by atoms with van der Waals surface area (Å²) >= 11 is 6.59. The largest absolute Gasteiger partial charge is 0.483 e. The SMILES string of the molecule is NC(=O)CONC(=O)COc1ccc(Br)cc1Br. The molecule has 0 fully saturated rings. The maximum atomic E-state index is 11.2. The third kappa shape index (κ3) is 5.48. The van der Waals surface area contributed by atoms with E-state index in [0.717, 1.165) is 4.47 Å². The molecule has 0 aliphatic carbocycles. The summed E-state index contributed by atoms with van der Waals surface area (Å²) in [6.07, 6.45) is 0. The van der Waals surface area contributed by atoms with Crippen molar-refractivity contribution >= 4 is 43.7 Å². The third-order valence-electron chi connectivity index (χ3n) is 1.65. The molecule has 0 aliphatic rings. The van der Waals surface area contributed by atoms with Gasteiger partial charge in [0, 0.05) is 4.47 Å². The predicted octanol–water partition coefficient (Wildman–Crippen LogP) is 1.12. The second-order valence-corrected chi connectivity index (χ2v) is 4.91. The van der Waals surface area contributed by atoms with Gasteiger partial charge in [-0.15, -0.1) is 0 Å². The standard InChI is InChI=1S/C10H10Br2N2O4/c11-6-1-2-8(7(12)3-6)17-5-10(16)14-18-4-9(13)15/h1-3H,4-5H2,(H2,13,15)(H,14,16). The number of halogens is 2. The first-order valence-electron chi connectivity index (χ1n) is 4.76. The van der Waals surface area contributed by atoms with Gasteiger partial charge in [0.2, 0.25) is 5.91 Å². The van der Waals surface area contributed by atoms with Gasteiger partial charge in [-0.2, -0.15) is 0 Å². The molecule has 3 N–H and O–H groups in total. The number of nitrogens with two attached hydrogens (primary N) is 1. The van der Waals surface area contributed by atoms with Crippen molar-refractivity contribution in [1.29, 1.82) is 0 Å². The first-order chi connectivity index (χ1) is 8.49. The van der Waals surface area contributed by atoms with Crippen LogP contribution in [0.2, 0.25) is 0 Å². The van der Waals surface area contributed by atoms with Gasteiger partial charge in [0.1, 0.15) is 5.75 Å². The zero-order valence-electron chi connectivity index (χ0n) is 9.11. The molecule has 18 heavy (non-hydrogen) atoms. The molecule has 6 nitrogen and oxygen atoms in total. The van der Waals surface area contributed by atoms with Crippen LogP contribution in [0.5, 0.6) is 5.75 Å². The molecule has 0 aliphatic heterocycles. The Morgan fingerprint density at radius 2 is 2.00 bits per heavy atom. The van der Waals surface area contributed by atoms with E-state index in [1.165, 1.54) is 0 Å². The second-order valence-electron chi connectivity index (χ2n) is 3.14. The first kappa shape index (κ1) is 14.9. The first-order valence-corrected chi connectivity index (χ1v) is 6.34. The summed E-state index contributed by atoms with van der Waals surface area (Å²) in [6.45, 7) is -0.618. The Kier molecular flexibility index (Phi) is 6.10. The van der Waals surface area contributed by atoms with Gasteiger partial charge in [-0.1, -0.05) is 15.9 Å². The molecule has 0 radical (unpaired) electrons. The predicted molar refractivity (Wildman–Crippen MR) is 70.6 cm³/mol. The van der Waals surface area contributed by atoms with Crippen molar-refractivity contribution in [3.8, 4) is 5.75 Å². The fraction of sp³-hybridized carbons (Fsp3) is 0.200. The van der Waals surface area contributed by atoms with E-state index in [-0.39, 0.29) is 13.2 Å². The van der Waals surface area contributed by atoms with E-state index in [2.05, 4.69) is 36.7 Å². The average Bonchev–Trinajstić information content (AvgIpc) is 2.27. The lowest BCUT2D eigenvalue weighted by molar-refractivity contribution is -0.139. The van der Waals surface area contributed by atoms with Crippen LogP contribution in [0.1, 0.15) is 0 Å². The van der Waals surface area contributed by atoms with E-state index in [1.807, 2.05) is 5.48 Å². The van der Waals surface area contributed by atoms with Gasteiger partial charge in [0.15, 0.2) is 13.2 Å². The summed E-state index contributed by atoms with van der Waals surface area (Å²) in [5, 5.41) is 0. The molecule has 2 amide bonds. The van der Waals surface area contributed by atoms with Crippen LogP contribution in [-0.4, -0.2) is 25.0 Å². The Balaban J connectivity index is 2.36. The van der Waals surface area contributed by atoms with Gasteiger partial charge in [0.05, 0.1) is 4.47 Å². The van der Waals surface area contributed by atoms with E-state index in [9.17, 15) is 9.59 Å². The normalized spacial score (nSPS) is 9.89. The molecule has 98 valence electrons. The lowest BCUT2D eigenvalue weighted by Crippen LogP contribution is -2.32. The number of rotatable bonds is 6. The number of primary amides is 1. The lowest BCUT2D eigenvalue weighted by atomic mass is 10.3. The summed E-state index contributed by atoms with van der Waals surface area (Å²) in [4.78, 5) is 26.1. The zero-order chi connectivity index (χ0) is 13.5. The molecule has 0 atom stereocenters. The van der Waals surface area contributed by atoms with E-state index in [1.54, 1.807) is 18.2 Å². The number of carbonyl (C=O) groups excluding carboxylic acids is 2. The van der Waals surface area contributed by atoms with Gasteiger partial charge >= 0.3 is 0 Å². The van der Waals surface area contributed by atoms with E-state index < -0.39 is 11.8 Å². The number of amides is 2. The maximum absolute atomic E-state index is 11.2. The highest BCUT2D eigenvalue weighted by molar-refractivity contribution is 9.11. The summed E-state index contributed by atoms with van der Waals surface area (Å²) in [6, 6.07) is 5.27. The molecule has 1 rings (SSSR count). The van der Waals surface area contributed by atoms with E-state index in [4.69, 9.17) is 10.5 Å². The van der Waals surface area contributed by atoms with Crippen LogP contribution in [0.15, 0.2) is 27.1 Å². The fourth-order valence-corrected chi connectivity index (χ4v) is 2.11. The number of benzene rings is 1. The van der Waals surface area contributed by atoms with E-state index >= 15 is 0 Å². The van der Waals surface area contributed by atoms with Crippen LogP contribution >= 0.6 is 31.9 Å². The van der Waals surface area contributed by atoms with Gasteiger partial charge < -0.3 is 10.5 Å². The molecule has 1 aromatic carbocycles. The number of hydrogen-bond acceptors (Lipinski definition) is 4. The highest BCUT2D eigenvalue weighted by Crippen LogP contribution is 2.27. The lowest BCUT2D eigenvalue weighted by Gasteiger charge is -2.08. The molecule has 1 aromatic rings. The molecular formula is C10H10Br2N2O4. The number of hydrogen-bond donors (Lipinski definition) is 2. The summed E-state index contributed by atoms with van der Waals surface area (Å²) in [5.41, 5.74) is 6.85. The summed E-state index contributed by atoms with van der Waals surface area (Å²) < 4.78 is 6.83. The molecule has 8 heteroatoms. The molecular weight excluding hydrogens is 372 g/mol. The number of carbonyl (C=O) groups is 2. The molecule has 0 aromatic heterocycles. The second kappa shape index (κ2) is 7.34. The Hall–Kier alpha value is -1.12. The highest BCUT2D eigenvalue weighted by atomic mass is 79.9. The van der Waals surface area contributed by atoms with Gasteiger partial charge in [0.25, 0.3) is 5.91 Å². The quantitative estimate of drug-likeness (QED) is 0.722. The van der Waals surface area contributed by atoms with Crippen LogP contribution in [0.25, 0.3) is 0 Å².